The summed E-state index contributed by atoms with van der Waals surface area (Å²) in [5, 5.41) is 4.27. The van der Waals surface area contributed by atoms with E-state index in [2.05, 4.69) is 10.1 Å². The van der Waals surface area contributed by atoms with E-state index in [1.54, 1.807) is 54.6 Å². The minimum absolute atomic E-state index is 0.208. The summed E-state index contributed by atoms with van der Waals surface area (Å²) in [6.45, 7) is 6.43. The highest BCUT2D eigenvalue weighted by atomic mass is 32.1. The molecule has 1 atom stereocenters. The van der Waals surface area contributed by atoms with Gasteiger partial charge in [0.1, 0.15) is 0 Å². The summed E-state index contributed by atoms with van der Waals surface area (Å²) in [6, 6.07) is 4.60. The molecule has 0 saturated carbocycles. The highest BCUT2D eigenvalue weighted by Gasteiger charge is 2.33. The highest BCUT2D eigenvalue weighted by Crippen LogP contribution is 2.36. The Labute approximate surface area is 200 Å². The predicted molar refractivity (Wildman–Crippen MR) is 128 cm³/mol. The van der Waals surface area contributed by atoms with Gasteiger partial charge in [-0.3, -0.25) is 14.0 Å². The van der Waals surface area contributed by atoms with Crippen LogP contribution in [0, 0.1) is 0 Å². The van der Waals surface area contributed by atoms with Crippen LogP contribution in [0.1, 0.15) is 37.9 Å². The summed E-state index contributed by atoms with van der Waals surface area (Å²) in [5.41, 5.74) is 2.07. The topological polar surface area (TPSA) is 96.9 Å². The number of benzene rings is 1. The zero-order valence-corrected chi connectivity index (χ0v) is 20.5. The highest BCUT2D eigenvalue weighted by molar-refractivity contribution is 7.07. The molecular formula is C24H26N4O5S. The summed E-state index contributed by atoms with van der Waals surface area (Å²) in [7, 11) is 3.09. The number of fused-ring (bicyclic) bond motifs is 1. The average molecular weight is 483 g/mol. The largest absolute Gasteiger partial charge is 0.493 e. The van der Waals surface area contributed by atoms with E-state index in [-0.39, 0.29) is 12.2 Å². The average Bonchev–Trinajstić information content (AvgIpc) is 3.41. The maximum absolute atomic E-state index is 13.6. The van der Waals surface area contributed by atoms with Crippen LogP contribution in [-0.2, 0) is 16.1 Å². The number of nitrogens with zero attached hydrogens (tertiary/aromatic N) is 4. The Morgan fingerprint density at radius 2 is 1.97 bits per heavy atom. The van der Waals surface area contributed by atoms with E-state index in [0.717, 1.165) is 12.1 Å². The van der Waals surface area contributed by atoms with Gasteiger partial charge in [-0.2, -0.15) is 5.10 Å². The van der Waals surface area contributed by atoms with Crippen molar-refractivity contribution >= 4 is 23.4 Å². The van der Waals surface area contributed by atoms with Crippen molar-refractivity contribution < 1.29 is 19.0 Å². The Morgan fingerprint density at radius 1 is 1.21 bits per heavy atom. The molecule has 0 fully saturated rings. The van der Waals surface area contributed by atoms with Crippen LogP contribution in [0.2, 0.25) is 0 Å². The number of hydrogen-bond acceptors (Lipinski definition) is 8. The molecule has 0 saturated heterocycles. The number of esters is 1. The van der Waals surface area contributed by atoms with E-state index >= 15 is 0 Å². The predicted octanol–water partition coefficient (Wildman–Crippen LogP) is 2.03. The zero-order valence-electron chi connectivity index (χ0n) is 19.7. The normalized spacial score (nSPS) is 15.7. The Bertz CT molecular complexity index is 1450. The van der Waals surface area contributed by atoms with Gasteiger partial charge in [0.2, 0.25) is 0 Å². The molecule has 0 spiro atoms. The maximum Gasteiger partial charge on any atom is 0.338 e. The van der Waals surface area contributed by atoms with Gasteiger partial charge in [0.05, 0.1) is 48.9 Å². The number of aromatic nitrogens is 3. The van der Waals surface area contributed by atoms with Gasteiger partial charge in [-0.05, 0) is 44.5 Å². The molecule has 0 aliphatic carbocycles. The van der Waals surface area contributed by atoms with Crippen molar-refractivity contribution in [2.75, 3.05) is 20.8 Å². The number of carbonyl (C=O) groups excluding carboxylic acids is 1. The molecule has 2 aromatic heterocycles. The minimum atomic E-state index is -0.726. The molecular weight excluding hydrogens is 456 g/mol. The monoisotopic (exact) mass is 482 g/mol. The first-order chi connectivity index (χ1) is 16.4. The third kappa shape index (κ3) is 4.16. The molecule has 0 radical (unpaired) electrons. The number of allylic oxidation sites excluding steroid dienone is 1. The maximum atomic E-state index is 13.6. The smallest absolute Gasteiger partial charge is 0.338 e. The molecule has 3 aromatic rings. The van der Waals surface area contributed by atoms with Gasteiger partial charge >= 0.3 is 5.97 Å². The number of aryl methyl sites for hydroxylation is 1. The molecule has 1 unspecified atom stereocenters. The number of hydrogen-bond donors (Lipinski definition) is 0. The van der Waals surface area contributed by atoms with Crippen molar-refractivity contribution in [1.29, 1.82) is 0 Å². The van der Waals surface area contributed by atoms with E-state index in [1.165, 1.54) is 18.4 Å². The first-order valence-electron chi connectivity index (χ1n) is 10.9. The van der Waals surface area contributed by atoms with Gasteiger partial charge in [0.25, 0.3) is 5.56 Å². The summed E-state index contributed by atoms with van der Waals surface area (Å²) in [5.74, 6) is 0.527. The molecule has 34 heavy (non-hydrogen) atoms. The van der Waals surface area contributed by atoms with Gasteiger partial charge in [-0.15, -0.1) is 0 Å². The second kappa shape index (κ2) is 9.68. The Balaban J connectivity index is 1.95. The zero-order chi connectivity index (χ0) is 24.4. The molecule has 4 rings (SSSR count). The lowest BCUT2D eigenvalue weighted by Crippen LogP contribution is -2.39. The van der Waals surface area contributed by atoms with Crippen LogP contribution < -0.4 is 24.4 Å². The molecule has 0 N–H and O–H groups in total. The van der Waals surface area contributed by atoms with Crippen LogP contribution in [0.5, 0.6) is 11.5 Å². The quantitative estimate of drug-likeness (QED) is 0.478. The Kier molecular flexibility index (Phi) is 6.69. The molecule has 1 aliphatic heterocycles. The second-order valence-electron chi connectivity index (χ2n) is 7.55. The summed E-state index contributed by atoms with van der Waals surface area (Å²) in [4.78, 5) is 31.7. The summed E-state index contributed by atoms with van der Waals surface area (Å²) >= 11 is 1.27. The van der Waals surface area contributed by atoms with Crippen molar-refractivity contribution in [2.45, 2.75) is 33.4 Å². The lowest BCUT2D eigenvalue weighted by atomic mass is 9.95. The van der Waals surface area contributed by atoms with Crippen molar-refractivity contribution in [3.05, 3.63) is 72.7 Å². The number of carbonyl (C=O) groups is 1. The number of methoxy groups -OCH3 is 2. The van der Waals surface area contributed by atoms with Gasteiger partial charge in [0, 0.05) is 18.3 Å². The van der Waals surface area contributed by atoms with Crippen molar-refractivity contribution in [1.82, 2.24) is 14.3 Å². The van der Waals surface area contributed by atoms with Crippen LogP contribution in [0.25, 0.3) is 6.08 Å². The third-order valence-corrected chi connectivity index (χ3v) is 6.50. The van der Waals surface area contributed by atoms with Crippen LogP contribution >= 0.6 is 11.3 Å². The molecule has 10 heteroatoms. The lowest BCUT2D eigenvalue weighted by Gasteiger charge is -2.25. The van der Waals surface area contributed by atoms with E-state index < -0.39 is 12.0 Å². The van der Waals surface area contributed by atoms with Gasteiger partial charge in [-0.1, -0.05) is 17.4 Å². The molecule has 178 valence electrons. The number of ether oxygens (including phenoxy) is 3. The second-order valence-corrected chi connectivity index (χ2v) is 8.56. The van der Waals surface area contributed by atoms with Crippen LogP contribution in [-0.4, -0.2) is 41.1 Å². The fourth-order valence-electron chi connectivity index (χ4n) is 3.91. The van der Waals surface area contributed by atoms with Gasteiger partial charge in [-0.25, -0.2) is 9.79 Å². The van der Waals surface area contributed by atoms with Crippen molar-refractivity contribution in [2.24, 2.45) is 4.99 Å². The van der Waals surface area contributed by atoms with Crippen LogP contribution in [0.4, 0.5) is 0 Å². The van der Waals surface area contributed by atoms with E-state index in [0.29, 0.717) is 37.7 Å². The Hall–Kier alpha value is -3.66. The van der Waals surface area contributed by atoms with E-state index in [4.69, 9.17) is 14.2 Å². The van der Waals surface area contributed by atoms with Crippen LogP contribution in [0.15, 0.2) is 51.6 Å². The fraction of sp³-hybridized carbons (Fsp3) is 0.333. The van der Waals surface area contributed by atoms with Gasteiger partial charge < -0.3 is 14.2 Å². The first-order valence-corrected chi connectivity index (χ1v) is 11.7. The summed E-state index contributed by atoms with van der Waals surface area (Å²) < 4.78 is 20.0. The van der Waals surface area contributed by atoms with E-state index in [1.807, 2.05) is 19.2 Å². The first kappa shape index (κ1) is 23.5. The molecule has 0 bridgehead atoms. The van der Waals surface area contributed by atoms with Crippen molar-refractivity contribution in [3.8, 4) is 11.5 Å². The van der Waals surface area contributed by atoms with E-state index in [9.17, 15) is 9.59 Å². The van der Waals surface area contributed by atoms with Crippen LogP contribution in [0.3, 0.4) is 0 Å². The third-order valence-electron chi connectivity index (χ3n) is 5.52. The SMILES string of the molecule is CCOC(=O)C1=C(C)N=c2sc(=Cc3cnn(CC)c3)c(=O)n2C1c1ccc(OC)c(OC)c1. The standard InChI is InChI=1S/C24H26N4O5S/c1-6-27-13-15(12-25-27)10-19-22(29)28-21(16-8-9-17(31-4)18(11-16)32-5)20(23(30)33-7-2)14(3)26-24(28)34-19/h8-13,21H,6-7H2,1-5H3. The minimum Gasteiger partial charge on any atom is -0.493 e. The molecule has 0 amide bonds. The molecule has 1 aliphatic rings. The Morgan fingerprint density at radius 3 is 2.62 bits per heavy atom. The molecule has 1 aromatic carbocycles. The van der Waals surface area contributed by atoms with Gasteiger partial charge in [0.15, 0.2) is 16.3 Å². The molecule has 3 heterocycles. The van der Waals surface area contributed by atoms with Crippen molar-refractivity contribution in [3.63, 3.8) is 0 Å². The number of rotatable bonds is 7. The summed E-state index contributed by atoms with van der Waals surface area (Å²) in [6.07, 6.45) is 5.38. The number of thiazole rings is 1. The fourth-order valence-corrected chi connectivity index (χ4v) is 4.95. The lowest BCUT2D eigenvalue weighted by molar-refractivity contribution is -0.139. The molecule has 9 nitrogen and oxygen atoms in total.